The van der Waals surface area contributed by atoms with Crippen LogP contribution in [-0.4, -0.2) is 61.5 Å². The quantitative estimate of drug-likeness (QED) is 0.420. The van der Waals surface area contributed by atoms with Gasteiger partial charge in [0.25, 0.3) is 5.91 Å². The lowest BCUT2D eigenvalue weighted by atomic mass is 9.85. The molecule has 3 heterocycles. The van der Waals surface area contributed by atoms with Gasteiger partial charge in [0, 0.05) is 17.2 Å². The number of alkyl halides is 1. The van der Waals surface area contributed by atoms with Crippen molar-refractivity contribution < 1.29 is 23.1 Å². The Hall–Kier alpha value is -3.72. The zero-order valence-electron chi connectivity index (χ0n) is 20.3. The van der Waals surface area contributed by atoms with Gasteiger partial charge in [-0.15, -0.1) is 6.42 Å². The van der Waals surface area contributed by atoms with Crippen LogP contribution in [0.5, 0.6) is 5.88 Å². The minimum Gasteiger partial charge on any atom is -0.463 e. The van der Waals surface area contributed by atoms with E-state index in [9.17, 15) is 14.0 Å². The Balaban J connectivity index is 1.43. The lowest BCUT2D eigenvalue weighted by molar-refractivity contribution is -0.147. The number of hydrogen-bond acceptors (Lipinski definition) is 8. The molecule has 4 atom stereocenters. The SMILES string of the molecule is C#CCOc1cnc(C(=O)Nc2ccc(F)c([C@@]3(C)N=C(N)S[C@@]45C(=O)N(C(C)(C)CF)C4[C@@H]35)c2)cn1. The Morgan fingerprint density at radius 3 is 2.78 bits per heavy atom. The molecule has 2 aliphatic heterocycles. The molecule has 1 unspecified atom stereocenters. The molecule has 12 heteroatoms. The monoisotopic (exact) mass is 526 g/mol. The topological polar surface area (TPSA) is 123 Å². The maximum Gasteiger partial charge on any atom is 0.275 e. The van der Waals surface area contributed by atoms with E-state index in [1.165, 1.54) is 35.5 Å². The average Bonchev–Trinajstić information content (AvgIpc) is 3.46. The number of benzene rings is 1. The number of aromatic nitrogens is 2. The summed E-state index contributed by atoms with van der Waals surface area (Å²) in [6.45, 7) is 4.32. The van der Waals surface area contributed by atoms with Crippen molar-refractivity contribution >= 4 is 34.4 Å². The third-order valence-electron chi connectivity index (χ3n) is 7.07. The number of rotatable bonds is 7. The minimum atomic E-state index is -1.21. The summed E-state index contributed by atoms with van der Waals surface area (Å²) in [5, 5.41) is 2.83. The summed E-state index contributed by atoms with van der Waals surface area (Å²) in [6.07, 6.45) is 7.64. The molecular formula is C25H24F2N6O3S. The molecule has 2 fully saturated rings. The van der Waals surface area contributed by atoms with E-state index < -0.39 is 40.1 Å². The van der Waals surface area contributed by atoms with Crippen molar-refractivity contribution in [3.05, 3.63) is 47.7 Å². The first-order valence-electron chi connectivity index (χ1n) is 11.4. The predicted molar refractivity (Wildman–Crippen MR) is 134 cm³/mol. The molecule has 3 N–H and O–H groups in total. The van der Waals surface area contributed by atoms with Crippen molar-refractivity contribution in [2.75, 3.05) is 18.6 Å². The summed E-state index contributed by atoms with van der Waals surface area (Å²) in [4.78, 5) is 40.1. The van der Waals surface area contributed by atoms with Crippen LogP contribution in [0.15, 0.2) is 35.6 Å². The van der Waals surface area contributed by atoms with Gasteiger partial charge in [-0.2, -0.15) is 0 Å². The van der Waals surface area contributed by atoms with Gasteiger partial charge in [0.2, 0.25) is 11.8 Å². The fourth-order valence-corrected chi connectivity index (χ4v) is 6.88. The minimum absolute atomic E-state index is 0.00959. The fraction of sp³-hybridized carbons (Fsp3) is 0.400. The van der Waals surface area contributed by atoms with Crippen LogP contribution < -0.4 is 15.8 Å². The molecule has 5 rings (SSSR count). The van der Waals surface area contributed by atoms with Crippen molar-refractivity contribution in [3.63, 3.8) is 0 Å². The number of likely N-dealkylation sites (tertiary alicyclic amines) is 1. The van der Waals surface area contributed by atoms with E-state index in [0.717, 1.165) is 11.8 Å². The molecule has 1 aromatic carbocycles. The second kappa shape index (κ2) is 8.41. The van der Waals surface area contributed by atoms with Gasteiger partial charge in [0.15, 0.2) is 11.8 Å². The second-order valence-corrected chi connectivity index (χ2v) is 11.2. The highest BCUT2D eigenvalue weighted by Crippen LogP contribution is 2.74. The number of nitrogens with zero attached hydrogens (tertiary/aromatic N) is 4. The van der Waals surface area contributed by atoms with E-state index in [1.807, 2.05) is 0 Å². The maximum absolute atomic E-state index is 15.3. The van der Waals surface area contributed by atoms with Gasteiger partial charge >= 0.3 is 0 Å². The summed E-state index contributed by atoms with van der Waals surface area (Å²) >= 11 is 1.16. The number of β-lactam (4-membered cyclic amide) rings is 1. The lowest BCUT2D eigenvalue weighted by Gasteiger charge is -2.46. The molecule has 1 aliphatic carbocycles. The Labute approximate surface area is 216 Å². The van der Waals surface area contributed by atoms with Crippen LogP contribution in [0.4, 0.5) is 14.5 Å². The number of carbonyl (C=O) groups excluding carboxylic acids is 2. The van der Waals surface area contributed by atoms with Crippen molar-refractivity contribution in [1.29, 1.82) is 0 Å². The third-order valence-corrected chi connectivity index (χ3v) is 8.38. The van der Waals surface area contributed by atoms with Gasteiger partial charge in [-0.25, -0.2) is 18.7 Å². The number of fused-ring (bicyclic) bond motifs is 1. The molecule has 192 valence electrons. The van der Waals surface area contributed by atoms with Crippen LogP contribution >= 0.6 is 11.8 Å². The van der Waals surface area contributed by atoms with Gasteiger partial charge < -0.3 is 20.7 Å². The Kier molecular flexibility index (Phi) is 5.67. The van der Waals surface area contributed by atoms with Crippen LogP contribution in [0.3, 0.4) is 0 Å². The maximum atomic E-state index is 15.3. The van der Waals surface area contributed by atoms with Crippen molar-refractivity contribution in [2.24, 2.45) is 16.6 Å². The summed E-state index contributed by atoms with van der Waals surface area (Å²) in [5.41, 5.74) is 4.38. The first kappa shape index (κ1) is 25.0. The molecule has 1 aromatic heterocycles. The number of amides is 2. The van der Waals surface area contributed by atoms with E-state index in [-0.39, 0.29) is 40.9 Å². The second-order valence-electron chi connectivity index (χ2n) is 9.92. The van der Waals surface area contributed by atoms with Crippen LogP contribution in [0.2, 0.25) is 0 Å². The van der Waals surface area contributed by atoms with E-state index in [0.29, 0.717) is 5.69 Å². The average molecular weight is 527 g/mol. The number of ether oxygens (including phenoxy) is 1. The molecule has 0 bridgehead atoms. The molecule has 0 radical (unpaired) electrons. The zero-order valence-corrected chi connectivity index (χ0v) is 21.1. The number of thioether (sulfide) groups is 1. The van der Waals surface area contributed by atoms with Gasteiger partial charge in [0.05, 0.1) is 29.5 Å². The summed E-state index contributed by atoms with van der Waals surface area (Å²) in [7, 11) is 0. The molecule has 2 amide bonds. The number of amidine groups is 1. The van der Waals surface area contributed by atoms with Gasteiger partial charge in [-0.05, 0) is 39.0 Å². The Morgan fingerprint density at radius 2 is 2.14 bits per heavy atom. The van der Waals surface area contributed by atoms with Gasteiger partial charge in [-0.3, -0.25) is 14.6 Å². The van der Waals surface area contributed by atoms with Crippen molar-refractivity contribution in [3.8, 4) is 18.2 Å². The van der Waals surface area contributed by atoms with E-state index in [1.54, 1.807) is 20.8 Å². The van der Waals surface area contributed by atoms with Crippen molar-refractivity contribution in [2.45, 2.75) is 42.6 Å². The smallest absolute Gasteiger partial charge is 0.275 e. The fourth-order valence-electron chi connectivity index (χ4n) is 5.34. The number of nitrogens with one attached hydrogen (secondary N) is 1. The number of anilines is 1. The van der Waals surface area contributed by atoms with E-state index >= 15 is 4.39 Å². The molecule has 9 nitrogen and oxygen atoms in total. The highest BCUT2D eigenvalue weighted by Gasteiger charge is 2.89. The highest BCUT2D eigenvalue weighted by atomic mass is 32.2. The molecule has 1 saturated carbocycles. The van der Waals surface area contributed by atoms with Crippen LogP contribution in [0.1, 0.15) is 36.8 Å². The summed E-state index contributed by atoms with van der Waals surface area (Å²) < 4.78 is 33.3. The molecule has 1 spiro atoms. The first-order chi connectivity index (χ1) is 17.5. The normalized spacial score (nSPS) is 27.7. The number of nitrogens with two attached hydrogens (primary N) is 1. The summed E-state index contributed by atoms with van der Waals surface area (Å²) in [5.74, 6) is 0.690. The van der Waals surface area contributed by atoms with Crippen LogP contribution in [0.25, 0.3) is 0 Å². The van der Waals surface area contributed by atoms with E-state index in [2.05, 4.69) is 26.2 Å². The number of aliphatic imine (C=N–C) groups is 1. The molecule has 3 aliphatic rings. The number of terminal acetylenes is 1. The standard InChI is InChI=1S/C25H24F2N6O3S/c1-5-8-36-17-11-29-16(10-30-17)20(34)31-13-6-7-15(27)14(9-13)24(4)18-19-25(18,37-22(28)32-24)21(35)33(19)23(2,3)12-26/h1,6-7,9-11,18-19H,8,12H2,2-4H3,(H2,28,32)(H,31,34)/t18-,19?,24+,25+/m0/s1. The molecule has 37 heavy (non-hydrogen) atoms. The van der Waals surface area contributed by atoms with Gasteiger partial charge in [-0.1, -0.05) is 17.7 Å². The molecular weight excluding hydrogens is 502 g/mol. The largest absolute Gasteiger partial charge is 0.463 e. The number of hydrogen-bond donors (Lipinski definition) is 2. The summed E-state index contributed by atoms with van der Waals surface area (Å²) in [6, 6.07) is 3.75. The third kappa shape index (κ3) is 3.63. The van der Waals surface area contributed by atoms with Crippen molar-refractivity contribution in [1.82, 2.24) is 14.9 Å². The van der Waals surface area contributed by atoms with Crippen LogP contribution in [-0.2, 0) is 10.3 Å². The molecule has 1 saturated heterocycles. The number of halogens is 2. The van der Waals surface area contributed by atoms with Gasteiger partial charge in [0.1, 0.15) is 22.9 Å². The molecule has 2 aromatic rings. The zero-order chi connectivity index (χ0) is 26.8. The van der Waals surface area contributed by atoms with Crippen LogP contribution in [0, 0.1) is 24.1 Å². The Morgan fingerprint density at radius 1 is 1.38 bits per heavy atom. The van der Waals surface area contributed by atoms with E-state index in [4.69, 9.17) is 16.9 Å². The highest BCUT2D eigenvalue weighted by molar-refractivity contribution is 8.16. The number of carbonyl (C=O) groups is 2. The first-order valence-corrected chi connectivity index (χ1v) is 12.2. The Bertz CT molecular complexity index is 1380. The predicted octanol–water partition coefficient (Wildman–Crippen LogP) is 2.48. The lowest BCUT2D eigenvalue weighted by Crippen LogP contribution is -2.64.